The van der Waals surface area contributed by atoms with Crippen LogP contribution in [0.25, 0.3) is 0 Å². The third-order valence-electron chi connectivity index (χ3n) is 6.06. The van der Waals surface area contributed by atoms with Crippen LogP contribution in [0.15, 0.2) is 60.7 Å². The second-order valence-electron chi connectivity index (χ2n) is 8.70. The van der Waals surface area contributed by atoms with E-state index < -0.39 is 11.9 Å². The number of carboxylic acids is 2. The molecular weight excluding hydrogens is 466 g/mol. The number of hydrogen-bond donors (Lipinski definition) is 1. The van der Waals surface area contributed by atoms with Gasteiger partial charge in [0.05, 0.1) is 25.7 Å². The summed E-state index contributed by atoms with van der Waals surface area (Å²) in [5.74, 6) is -4.12. The molecule has 0 saturated carbocycles. The topological polar surface area (TPSA) is 125 Å². The lowest BCUT2D eigenvalue weighted by molar-refractivity contribution is -0.303. The average Bonchev–Trinajstić information content (AvgIpc) is 3.41. The van der Waals surface area contributed by atoms with Crippen LogP contribution in [0.4, 0.5) is 0 Å². The third-order valence-corrected chi connectivity index (χ3v) is 6.06. The summed E-state index contributed by atoms with van der Waals surface area (Å²) >= 11 is 0. The van der Waals surface area contributed by atoms with Crippen LogP contribution in [-0.4, -0.2) is 73.0 Å². The molecule has 1 N–H and O–H groups in total. The van der Waals surface area contributed by atoms with Crippen LogP contribution in [0.2, 0.25) is 0 Å². The van der Waals surface area contributed by atoms with Gasteiger partial charge in [0.2, 0.25) is 0 Å². The van der Waals surface area contributed by atoms with Crippen molar-refractivity contribution in [2.45, 2.75) is 44.0 Å². The van der Waals surface area contributed by atoms with Crippen LogP contribution in [0.3, 0.4) is 0 Å². The molecule has 2 fully saturated rings. The van der Waals surface area contributed by atoms with Gasteiger partial charge in [0.1, 0.15) is 12.2 Å². The van der Waals surface area contributed by atoms with Crippen LogP contribution in [0.1, 0.15) is 42.9 Å². The number of piperidine rings is 1. The maximum atomic E-state index is 12.0. The minimum Gasteiger partial charge on any atom is -0.539 e. The van der Waals surface area contributed by atoms with Gasteiger partial charge in [-0.05, 0) is 24.0 Å². The molecule has 36 heavy (non-hydrogen) atoms. The molecule has 4 rings (SSSR count). The molecule has 2 aliphatic heterocycles. The zero-order chi connectivity index (χ0) is 25.8. The van der Waals surface area contributed by atoms with Gasteiger partial charge in [0.15, 0.2) is 5.97 Å². The van der Waals surface area contributed by atoms with Gasteiger partial charge < -0.3 is 34.1 Å². The largest absolute Gasteiger partial charge is 0.539 e. The predicted octanol–water partition coefficient (Wildman–Crippen LogP) is 1.80. The predicted molar refractivity (Wildman–Crippen MR) is 128 cm³/mol. The Morgan fingerprint density at radius 1 is 0.944 bits per heavy atom. The van der Waals surface area contributed by atoms with E-state index in [0.29, 0.717) is 19.6 Å². The highest BCUT2D eigenvalue weighted by Gasteiger charge is 2.25. The zero-order valence-corrected chi connectivity index (χ0v) is 20.1. The SMILES string of the molecule is O=C(CCN1CCC(OC(c2ccccc2)c2ccccc2)CC1)OC1CCOC1.O=C([O-])C(=O)O. The quantitative estimate of drug-likeness (QED) is 0.428. The Kier molecular flexibility index (Phi) is 10.9. The summed E-state index contributed by atoms with van der Waals surface area (Å²) in [5.41, 5.74) is 2.37. The molecule has 194 valence electrons. The standard InChI is InChI=1S/C25H31NO4.C2H2O4/c27-24(29-23-14-18-28-19-23)13-17-26-15-11-22(12-16-26)30-25(20-7-3-1-4-8-20)21-9-5-2-6-10-21;3-1(4)2(5)6/h1-10,22-23,25H,11-19H2;(H,3,4)(H,5,6)/p-1. The lowest BCUT2D eigenvalue weighted by Crippen LogP contribution is -2.39. The maximum absolute atomic E-state index is 12.0. The molecule has 0 aliphatic carbocycles. The molecule has 2 aromatic rings. The first-order valence-electron chi connectivity index (χ1n) is 12.1. The summed E-state index contributed by atoms with van der Waals surface area (Å²) in [6.07, 6.45) is 3.33. The van der Waals surface area contributed by atoms with E-state index in [9.17, 15) is 4.79 Å². The number of likely N-dealkylation sites (tertiary alicyclic amines) is 1. The highest BCUT2D eigenvalue weighted by atomic mass is 16.6. The van der Waals surface area contributed by atoms with Crippen molar-refractivity contribution >= 4 is 17.9 Å². The normalized spacial score (nSPS) is 18.3. The van der Waals surface area contributed by atoms with Crippen LogP contribution in [0.5, 0.6) is 0 Å². The Labute approximate surface area is 210 Å². The van der Waals surface area contributed by atoms with Gasteiger partial charge in [-0.3, -0.25) is 4.79 Å². The van der Waals surface area contributed by atoms with E-state index in [4.69, 9.17) is 34.0 Å². The zero-order valence-electron chi connectivity index (χ0n) is 20.1. The summed E-state index contributed by atoms with van der Waals surface area (Å²) in [7, 11) is 0. The van der Waals surface area contributed by atoms with Crippen molar-refractivity contribution in [3.63, 3.8) is 0 Å². The van der Waals surface area contributed by atoms with Crippen LogP contribution >= 0.6 is 0 Å². The second kappa shape index (κ2) is 14.3. The molecule has 0 bridgehead atoms. The Bertz CT molecular complexity index is 903. The van der Waals surface area contributed by atoms with Crippen molar-refractivity contribution < 1.29 is 38.8 Å². The van der Waals surface area contributed by atoms with Crippen molar-refractivity contribution in [1.82, 2.24) is 4.90 Å². The van der Waals surface area contributed by atoms with E-state index in [1.54, 1.807) is 0 Å². The van der Waals surface area contributed by atoms with Crippen molar-refractivity contribution in [2.75, 3.05) is 32.8 Å². The molecule has 0 radical (unpaired) electrons. The molecule has 1 atom stereocenters. The summed E-state index contributed by atoms with van der Waals surface area (Å²) < 4.78 is 17.3. The van der Waals surface area contributed by atoms with Crippen LogP contribution in [0, 0.1) is 0 Å². The van der Waals surface area contributed by atoms with E-state index in [2.05, 4.69) is 53.4 Å². The number of carboxylic acid groups (broad SMARTS) is 2. The second-order valence-corrected chi connectivity index (χ2v) is 8.70. The molecule has 0 aromatic heterocycles. The third kappa shape index (κ3) is 9.07. The Morgan fingerprint density at radius 3 is 1.97 bits per heavy atom. The Morgan fingerprint density at radius 2 is 1.50 bits per heavy atom. The number of rotatable bonds is 8. The fourth-order valence-electron chi connectivity index (χ4n) is 4.17. The fourth-order valence-corrected chi connectivity index (χ4v) is 4.17. The first-order valence-corrected chi connectivity index (χ1v) is 12.1. The highest BCUT2D eigenvalue weighted by Crippen LogP contribution is 2.30. The molecule has 9 heteroatoms. The van der Waals surface area contributed by atoms with E-state index in [1.807, 2.05) is 12.1 Å². The highest BCUT2D eigenvalue weighted by molar-refractivity contribution is 6.26. The van der Waals surface area contributed by atoms with E-state index in [0.717, 1.165) is 38.9 Å². The summed E-state index contributed by atoms with van der Waals surface area (Å²) in [4.78, 5) is 32.4. The number of ether oxygens (including phenoxy) is 3. The number of hydrogen-bond acceptors (Lipinski definition) is 8. The molecule has 1 unspecified atom stereocenters. The van der Waals surface area contributed by atoms with Crippen molar-refractivity contribution in [2.24, 2.45) is 0 Å². The molecule has 2 heterocycles. The van der Waals surface area contributed by atoms with E-state index in [1.165, 1.54) is 11.1 Å². The van der Waals surface area contributed by atoms with Gasteiger partial charge in [-0.25, -0.2) is 4.79 Å². The van der Waals surface area contributed by atoms with E-state index >= 15 is 0 Å². The van der Waals surface area contributed by atoms with Gasteiger partial charge in [0.25, 0.3) is 0 Å². The summed E-state index contributed by atoms with van der Waals surface area (Å²) in [6, 6.07) is 20.9. The molecule has 0 spiro atoms. The number of aliphatic carboxylic acids is 2. The number of carbonyl (C=O) groups excluding carboxylic acids is 2. The lowest BCUT2D eigenvalue weighted by atomic mass is 10.00. The van der Waals surface area contributed by atoms with Gasteiger partial charge in [-0.2, -0.15) is 0 Å². The van der Waals surface area contributed by atoms with Crippen LogP contribution in [-0.2, 0) is 28.6 Å². The Hall–Kier alpha value is -3.27. The van der Waals surface area contributed by atoms with Gasteiger partial charge in [-0.15, -0.1) is 0 Å². The average molecular weight is 499 g/mol. The molecule has 2 aliphatic rings. The molecule has 0 amide bonds. The monoisotopic (exact) mass is 498 g/mol. The minimum atomic E-state index is -2.07. The molecular formula is C27H32NO8-. The van der Waals surface area contributed by atoms with Crippen molar-refractivity contribution in [1.29, 1.82) is 0 Å². The lowest BCUT2D eigenvalue weighted by Gasteiger charge is -2.34. The Balaban J connectivity index is 0.000000538. The first kappa shape index (κ1) is 27.3. The summed E-state index contributed by atoms with van der Waals surface area (Å²) in [6.45, 7) is 3.87. The van der Waals surface area contributed by atoms with Crippen LogP contribution < -0.4 is 5.11 Å². The first-order chi connectivity index (χ1) is 17.4. The number of carbonyl (C=O) groups is 3. The molecule has 9 nitrogen and oxygen atoms in total. The van der Waals surface area contributed by atoms with Gasteiger partial charge >= 0.3 is 11.9 Å². The minimum absolute atomic E-state index is 0.0486. The molecule has 2 saturated heterocycles. The van der Waals surface area contributed by atoms with Crippen molar-refractivity contribution in [3.8, 4) is 0 Å². The fraction of sp³-hybridized carbons (Fsp3) is 0.444. The van der Waals surface area contributed by atoms with Gasteiger partial charge in [-0.1, -0.05) is 60.7 Å². The maximum Gasteiger partial charge on any atom is 0.351 e. The summed E-state index contributed by atoms with van der Waals surface area (Å²) in [5, 5.41) is 16.3. The van der Waals surface area contributed by atoms with E-state index in [-0.39, 0.29) is 24.3 Å². The van der Waals surface area contributed by atoms with Crippen molar-refractivity contribution in [3.05, 3.63) is 71.8 Å². The van der Waals surface area contributed by atoms with Gasteiger partial charge in [0, 0.05) is 26.1 Å². The molecule has 2 aromatic carbocycles. The smallest absolute Gasteiger partial charge is 0.351 e. The number of esters is 1. The number of nitrogens with zero attached hydrogens (tertiary/aromatic N) is 1. The number of benzene rings is 2.